The molecule has 0 atom stereocenters. The smallest absolute Gasteiger partial charge is 0.319 e. The lowest BCUT2D eigenvalue weighted by atomic mass is 10.0. The third-order valence-electron chi connectivity index (χ3n) is 5.27. The van der Waals surface area contributed by atoms with E-state index in [0.29, 0.717) is 18.0 Å². The second kappa shape index (κ2) is 17.0. The van der Waals surface area contributed by atoms with Gasteiger partial charge in [0.2, 0.25) is 0 Å². The number of rotatable bonds is 17. The summed E-state index contributed by atoms with van der Waals surface area (Å²) in [6, 6.07) is 5.29. The number of benzene rings is 1. The van der Waals surface area contributed by atoms with Crippen LogP contribution in [0.2, 0.25) is 5.02 Å². The van der Waals surface area contributed by atoms with Crippen molar-refractivity contribution in [3.63, 3.8) is 0 Å². The number of unbranched alkanes of at least 4 members (excludes halogenated alkanes) is 12. The average molecular weight is 439 g/mol. The van der Waals surface area contributed by atoms with Gasteiger partial charge in [0.05, 0.1) is 0 Å². The second-order valence-electron chi connectivity index (χ2n) is 8.08. The maximum atomic E-state index is 11.9. The third kappa shape index (κ3) is 14.3. The van der Waals surface area contributed by atoms with Crippen molar-refractivity contribution in [2.24, 2.45) is 0 Å². The Labute approximate surface area is 187 Å². The molecule has 2 amide bonds. The molecule has 0 radical (unpaired) electrons. The van der Waals surface area contributed by atoms with Crippen LogP contribution in [-0.2, 0) is 4.79 Å². The van der Waals surface area contributed by atoms with Gasteiger partial charge < -0.3 is 15.7 Å². The van der Waals surface area contributed by atoms with Crippen LogP contribution in [0.3, 0.4) is 0 Å². The van der Waals surface area contributed by atoms with E-state index in [1.165, 1.54) is 57.8 Å². The summed E-state index contributed by atoms with van der Waals surface area (Å²) in [7, 11) is 0. The number of hydrogen-bond acceptors (Lipinski definition) is 2. The molecule has 170 valence electrons. The lowest BCUT2D eigenvalue weighted by Crippen LogP contribution is -2.29. The number of halogens is 1. The monoisotopic (exact) mass is 438 g/mol. The van der Waals surface area contributed by atoms with Crippen molar-refractivity contribution in [3.8, 4) is 0 Å². The number of carboxylic acid groups (broad SMARTS) is 1. The average Bonchev–Trinajstić information content (AvgIpc) is 2.70. The summed E-state index contributed by atoms with van der Waals surface area (Å²) in [5.74, 6) is -0.680. The van der Waals surface area contributed by atoms with Crippen LogP contribution in [0.5, 0.6) is 0 Å². The Hall–Kier alpha value is -1.75. The number of anilines is 1. The molecule has 0 bridgehead atoms. The minimum atomic E-state index is -0.680. The van der Waals surface area contributed by atoms with E-state index in [1.54, 1.807) is 12.1 Å². The van der Waals surface area contributed by atoms with Crippen LogP contribution in [0.4, 0.5) is 10.5 Å². The van der Waals surface area contributed by atoms with Crippen molar-refractivity contribution in [1.29, 1.82) is 0 Å². The molecule has 5 nitrogen and oxygen atoms in total. The van der Waals surface area contributed by atoms with E-state index in [1.807, 2.05) is 13.0 Å². The number of carbonyl (C=O) groups excluding carboxylic acids is 1. The normalized spacial score (nSPS) is 10.7. The number of nitrogens with one attached hydrogen (secondary N) is 2. The molecule has 0 aromatic heterocycles. The number of amides is 2. The highest BCUT2D eigenvalue weighted by Gasteiger charge is 2.03. The molecule has 0 spiro atoms. The highest BCUT2D eigenvalue weighted by atomic mass is 35.5. The first-order chi connectivity index (χ1) is 14.5. The highest BCUT2D eigenvalue weighted by molar-refractivity contribution is 6.31. The zero-order valence-corrected chi connectivity index (χ0v) is 19.2. The van der Waals surface area contributed by atoms with Gasteiger partial charge >= 0.3 is 12.0 Å². The summed E-state index contributed by atoms with van der Waals surface area (Å²) in [6.07, 6.45) is 15.7. The third-order valence-corrected chi connectivity index (χ3v) is 5.69. The predicted molar refractivity (Wildman–Crippen MR) is 125 cm³/mol. The fourth-order valence-electron chi connectivity index (χ4n) is 3.45. The van der Waals surface area contributed by atoms with Gasteiger partial charge in [0.1, 0.15) is 0 Å². The summed E-state index contributed by atoms with van der Waals surface area (Å²) < 4.78 is 0. The van der Waals surface area contributed by atoms with Crippen molar-refractivity contribution >= 4 is 29.3 Å². The maximum Gasteiger partial charge on any atom is 0.319 e. The molecule has 0 fully saturated rings. The first kappa shape index (κ1) is 26.3. The van der Waals surface area contributed by atoms with E-state index in [4.69, 9.17) is 16.7 Å². The zero-order chi connectivity index (χ0) is 22.0. The van der Waals surface area contributed by atoms with Crippen molar-refractivity contribution in [2.45, 2.75) is 96.8 Å². The summed E-state index contributed by atoms with van der Waals surface area (Å²) in [6.45, 7) is 2.61. The van der Waals surface area contributed by atoms with Crippen LogP contribution in [-0.4, -0.2) is 23.7 Å². The van der Waals surface area contributed by atoms with E-state index in [-0.39, 0.29) is 6.03 Å². The van der Waals surface area contributed by atoms with Gasteiger partial charge in [-0.3, -0.25) is 4.79 Å². The largest absolute Gasteiger partial charge is 0.481 e. The van der Waals surface area contributed by atoms with E-state index in [0.717, 1.165) is 36.9 Å². The molecular weight excluding hydrogens is 400 g/mol. The van der Waals surface area contributed by atoms with Crippen molar-refractivity contribution in [3.05, 3.63) is 28.8 Å². The molecule has 30 heavy (non-hydrogen) atoms. The van der Waals surface area contributed by atoms with E-state index in [9.17, 15) is 9.59 Å². The Balaban J connectivity index is 1.83. The molecule has 0 aliphatic carbocycles. The molecule has 0 aliphatic rings. The molecular formula is C24H39ClN2O3. The minimum Gasteiger partial charge on any atom is -0.481 e. The van der Waals surface area contributed by atoms with Crippen LogP contribution >= 0.6 is 11.6 Å². The Morgan fingerprint density at radius 2 is 1.33 bits per heavy atom. The van der Waals surface area contributed by atoms with Crippen molar-refractivity contribution in [1.82, 2.24) is 5.32 Å². The van der Waals surface area contributed by atoms with Crippen molar-refractivity contribution < 1.29 is 14.7 Å². The van der Waals surface area contributed by atoms with Gasteiger partial charge in [-0.05, 0) is 43.5 Å². The lowest BCUT2D eigenvalue weighted by molar-refractivity contribution is -0.137. The summed E-state index contributed by atoms with van der Waals surface area (Å²) in [5.41, 5.74) is 1.70. The molecule has 0 saturated heterocycles. The number of hydrogen-bond donors (Lipinski definition) is 3. The molecule has 0 aliphatic heterocycles. The van der Waals surface area contributed by atoms with E-state index in [2.05, 4.69) is 10.6 Å². The Bertz CT molecular complexity index is 622. The van der Waals surface area contributed by atoms with Gasteiger partial charge in [0.25, 0.3) is 0 Å². The molecule has 0 unspecified atom stereocenters. The Kier molecular flexibility index (Phi) is 14.9. The summed E-state index contributed by atoms with van der Waals surface area (Å²) in [4.78, 5) is 22.3. The van der Waals surface area contributed by atoms with Gasteiger partial charge in [0, 0.05) is 23.7 Å². The Morgan fingerprint density at radius 1 is 0.833 bits per heavy atom. The Morgan fingerprint density at radius 3 is 1.83 bits per heavy atom. The SMILES string of the molecule is Cc1cc(NC(=O)NCCCCCCCCCCCCCCCC(=O)O)ccc1Cl. The van der Waals surface area contributed by atoms with Crippen LogP contribution in [0.1, 0.15) is 95.5 Å². The van der Waals surface area contributed by atoms with Crippen molar-refractivity contribution in [2.75, 3.05) is 11.9 Å². The number of aryl methyl sites for hydroxylation is 1. The number of urea groups is 1. The quantitative estimate of drug-likeness (QED) is 0.223. The fourth-order valence-corrected chi connectivity index (χ4v) is 3.56. The standard InChI is InChI=1S/C24H39ClN2O3/c1-20-19-21(16-17-22(20)25)27-24(30)26-18-14-12-10-8-6-4-2-3-5-7-9-11-13-15-23(28)29/h16-17,19H,2-15,18H2,1H3,(H,28,29)(H2,26,27,30). The fraction of sp³-hybridized carbons (Fsp3) is 0.667. The van der Waals surface area contributed by atoms with Crippen LogP contribution in [0.15, 0.2) is 18.2 Å². The topological polar surface area (TPSA) is 78.4 Å². The molecule has 1 aromatic carbocycles. The number of carbonyl (C=O) groups is 2. The van der Waals surface area contributed by atoms with Gasteiger partial charge in [-0.1, -0.05) is 82.2 Å². The molecule has 1 aromatic rings. The van der Waals surface area contributed by atoms with Gasteiger partial charge in [-0.25, -0.2) is 4.79 Å². The lowest BCUT2D eigenvalue weighted by Gasteiger charge is -2.09. The van der Waals surface area contributed by atoms with Crippen LogP contribution in [0, 0.1) is 6.92 Å². The van der Waals surface area contributed by atoms with Gasteiger partial charge in [-0.2, -0.15) is 0 Å². The molecule has 0 saturated carbocycles. The van der Waals surface area contributed by atoms with Gasteiger partial charge in [-0.15, -0.1) is 0 Å². The van der Waals surface area contributed by atoms with Gasteiger partial charge in [0.15, 0.2) is 0 Å². The van der Waals surface area contributed by atoms with E-state index < -0.39 is 5.97 Å². The number of aliphatic carboxylic acids is 1. The predicted octanol–water partition coefficient (Wildman–Crippen LogP) is 7.32. The summed E-state index contributed by atoms with van der Waals surface area (Å²) >= 11 is 5.99. The maximum absolute atomic E-state index is 11.9. The first-order valence-electron chi connectivity index (χ1n) is 11.5. The number of carboxylic acids is 1. The molecule has 1 rings (SSSR count). The molecule has 3 N–H and O–H groups in total. The summed E-state index contributed by atoms with van der Waals surface area (Å²) in [5, 5.41) is 15.0. The zero-order valence-electron chi connectivity index (χ0n) is 18.5. The van der Waals surface area contributed by atoms with Crippen LogP contribution in [0.25, 0.3) is 0 Å². The molecule has 0 heterocycles. The second-order valence-corrected chi connectivity index (χ2v) is 8.49. The van der Waals surface area contributed by atoms with E-state index >= 15 is 0 Å². The minimum absolute atomic E-state index is 0.168. The molecule has 6 heteroatoms. The highest BCUT2D eigenvalue weighted by Crippen LogP contribution is 2.19. The first-order valence-corrected chi connectivity index (χ1v) is 11.9. The van der Waals surface area contributed by atoms with Crippen LogP contribution < -0.4 is 10.6 Å².